The average Bonchev–Trinajstić information content (AvgIpc) is 3.71. The lowest BCUT2D eigenvalue weighted by molar-refractivity contribution is -0.955. The Bertz CT molecular complexity index is 2470. The van der Waals surface area contributed by atoms with Gasteiger partial charge >= 0.3 is 5.66 Å². The number of aromatic nitrogens is 2. The third-order valence-corrected chi connectivity index (χ3v) is 10.4. The summed E-state index contributed by atoms with van der Waals surface area (Å²) in [6.45, 7) is 6.00. The highest BCUT2D eigenvalue weighted by molar-refractivity contribution is 7.19. The lowest BCUT2D eigenvalue weighted by atomic mass is 9.88. The molecule has 0 N–H and O–H groups in total. The molecule has 1 unspecified atom stereocenters. The molecule has 4 heteroatoms. The quantitative estimate of drug-likeness (QED) is 0.172. The standard InChI is InChI=1S/C37H30N2OS/c1-19-7-9-28-30(13-19)37(38-17-22(4)20(2)14-31(28)38)29-12-11-26-27-10-8-25-16-24(6)41-36(25)35(27)40-34(26)33(29)32-15-21(3)23(5)18-39(32)37/h7-18H,1-6H3/q+2/i3D3,5D. The lowest BCUT2D eigenvalue weighted by Gasteiger charge is -2.18. The van der Waals surface area contributed by atoms with E-state index in [-0.39, 0.29) is 12.5 Å². The van der Waals surface area contributed by atoms with Crippen LogP contribution in [0.4, 0.5) is 0 Å². The normalized spacial score (nSPS) is 18.3. The molecule has 2 aliphatic rings. The second-order valence-corrected chi connectivity index (χ2v) is 13.0. The minimum absolute atomic E-state index is 0.138. The average molecular weight is 555 g/mol. The summed E-state index contributed by atoms with van der Waals surface area (Å²) in [5.74, 6) is 0. The van der Waals surface area contributed by atoms with Crippen LogP contribution in [-0.4, -0.2) is 0 Å². The number of hydrogen-bond acceptors (Lipinski definition) is 2. The van der Waals surface area contributed by atoms with Gasteiger partial charge in [-0.1, -0.05) is 17.7 Å². The fraction of sp³-hybridized carbons (Fsp3) is 0.189. The molecule has 3 nitrogen and oxygen atoms in total. The smallest absolute Gasteiger partial charge is 0.417 e. The van der Waals surface area contributed by atoms with Crippen LogP contribution in [0.5, 0.6) is 0 Å². The summed E-state index contributed by atoms with van der Waals surface area (Å²) in [6, 6.07) is 21.6. The van der Waals surface area contributed by atoms with Crippen molar-refractivity contribution < 1.29 is 19.0 Å². The number of benzene rings is 3. The van der Waals surface area contributed by atoms with Crippen molar-refractivity contribution in [3.63, 3.8) is 0 Å². The highest BCUT2D eigenvalue weighted by Crippen LogP contribution is 2.51. The van der Waals surface area contributed by atoms with Crippen LogP contribution in [0.3, 0.4) is 0 Å². The van der Waals surface area contributed by atoms with E-state index in [1.165, 1.54) is 16.0 Å². The van der Waals surface area contributed by atoms with Gasteiger partial charge in [-0.15, -0.1) is 20.5 Å². The Balaban J connectivity index is 1.52. The monoisotopic (exact) mass is 554 g/mol. The molecule has 0 fully saturated rings. The van der Waals surface area contributed by atoms with Gasteiger partial charge in [-0.2, -0.15) is 0 Å². The second-order valence-electron chi connectivity index (χ2n) is 11.8. The Morgan fingerprint density at radius 2 is 1.51 bits per heavy atom. The molecule has 2 aliphatic heterocycles. The van der Waals surface area contributed by atoms with Crippen molar-refractivity contribution in [1.29, 1.82) is 0 Å². The molecule has 0 saturated heterocycles. The van der Waals surface area contributed by atoms with Crippen LogP contribution < -0.4 is 9.13 Å². The van der Waals surface area contributed by atoms with Gasteiger partial charge in [0, 0.05) is 44.4 Å². The van der Waals surface area contributed by atoms with Crippen molar-refractivity contribution in [2.24, 2.45) is 0 Å². The van der Waals surface area contributed by atoms with Crippen molar-refractivity contribution in [1.82, 2.24) is 0 Å². The second kappa shape index (κ2) is 7.51. The summed E-state index contributed by atoms with van der Waals surface area (Å²) in [4.78, 5) is 1.23. The van der Waals surface area contributed by atoms with Crippen LogP contribution in [0.25, 0.3) is 54.5 Å². The van der Waals surface area contributed by atoms with E-state index in [1.807, 2.05) is 6.20 Å². The Kier molecular flexibility index (Phi) is 3.62. The largest absolute Gasteiger partial charge is 0.454 e. The van der Waals surface area contributed by atoms with Gasteiger partial charge in [0.15, 0.2) is 18.0 Å². The summed E-state index contributed by atoms with van der Waals surface area (Å²) in [5.41, 5.74) is 11.1. The number of thiophene rings is 1. The highest BCUT2D eigenvalue weighted by Gasteiger charge is 2.67. The zero-order valence-electron chi connectivity index (χ0n) is 27.3. The van der Waals surface area contributed by atoms with E-state index in [0.29, 0.717) is 5.56 Å². The van der Waals surface area contributed by atoms with Gasteiger partial charge in [0.25, 0.3) is 0 Å². The van der Waals surface area contributed by atoms with E-state index in [9.17, 15) is 0 Å². The SMILES string of the molecule is [2H]Cc1c[n+]2c(cc1C([2H])([2H])[2H])-c1c(ccc3c1oc1c3ccc3cc(C)sc31)C21c2cc(C)ccc2-c2cc(C)c(C)c[n+]21. The third-order valence-electron chi connectivity index (χ3n) is 9.30. The predicted molar refractivity (Wildman–Crippen MR) is 167 cm³/mol. The fourth-order valence-corrected chi connectivity index (χ4v) is 8.30. The van der Waals surface area contributed by atoms with Crippen LogP contribution in [0.15, 0.2) is 77.5 Å². The van der Waals surface area contributed by atoms with Crippen molar-refractivity contribution in [3.05, 3.63) is 117 Å². The molecule has 0 aliphatic carbocycles. The minimum Gasteiger partial charge on any atom is -0.454 e. The number of pyridine rings is 2. The summed E-state index contributed by atoms with van der Waals surface area (Å²) >= 11 is 1.73. The van der Waals surface area contributed by atoms with Crippen molar-refractivity contribution >= 4 is 43.4 Å². The van der Waals surface area contributed by atoms with E-state index < -0.39 is 12.5 Å². The topological polar surface area (TPSA) is 20.9 Å². The lowest BCUT2D eigenvalue weighted by Crippen LogP contribution is -2.71. The fourth-order valence-electron chi connectivity index (χ4n) is 7.30. The van der Waals surface area contributed by atoms with E-state index in [2.05, 4.69) is 97.6 Å². The first-order valence-corrected chi connectivity index (χ1v) is 14.8. The number of fused-ring (bicyclic) bond motifs is 16. The molecular weight excluding hydrogens is 520 g/mol. The van der Waals surface area contributed by atoms with Gasteiger partial charge in [-0.3, -0.25) is 0 Å². The number of aryl methyl sites for hydroxylation is 6. The molecule has 9 rings (SSSR count). The zero-order chi connectivity index (χ0) is 31.2. The van der Waals surface area contributed by atoms with Crippen LogP contribution in [0.1, 0.15) is 49.3 Å². The van der Waals surface area contributed by atoms with Crippen LogP contribution in [-0.2, 0) is 5.66 Å². The predicted octanol–water partition coefficient (Wildman–Crippen LogP) is 8.48. The van der Waals surface area contributed by atoms with E-state index in [4.69, 9.17) is 9.90 Å². The molecule has 0 amide bonds. The number of furan rings is 1. The highest BCUT2D eigenvalue weighted by atomic mass is 32.1. The van der Waals surface area contributed by atoms with Gasteiger partial charge in [0.1, 0.15) is 22.3 Å². The van der Waals surface area contributed by atoms with Gasteiger partial charge in [-0.25, -0.2) is 0 Å². The molecule has 41 heavy (non-hydrogen) atoms. The molecule has 4 aromatic heterocycles. The van der Waals surface area contributed by atoms with Gasteiger partial charge in [0.2, 0.25) is 11.4 Å². The molecule has 0 saturated carbocycles. The molecule has 0 bridgehead atoms. The first-order chi connectivity index (χ1) is 21.5. The first-order valence-electron chi connectivity index (χ1n) is 16.2. The van der Waals surface area contributed by atoms with Crippen molar-refractivity contribution in [3.8, 4) is 22.5 Å². The molecule has 1 atom stereocenters. The molecule has 0 radical (unpaired) electrons. The zero-order valence-corrected chi connectivity index (χ0v) is 24.2. The summed E-state index contributed by atoms with van der Waals surface area (Å²) < 4.78 is 46.3. The maximum Gasteiger partial charge on any atom is 0.417 e. The van der Waals surface area contributed by atoms with E-state index in [0.717, 1.165) is 71.2 Å². The molecule has 198 valence electrons. The Morgan fingerprint density at radius 3 is 2.37 bits per heavy atom. The van der Waals surface area contributed by atoms with Crippen LogP contribution >= 0.6 is 11.3 Å². The Hall–Kier alpha value is -4.28. The van der Waals surface area contributed by atoms with Crippen molar-refractivity contribution in [2.75, 3.05) is 0 Å². The molecule has 3 aromatic carbocycles. The van der Waals surface area contributed by atoms with E-state index in [1.54, 1.807) is 17.4 Å². The first kappa shape index (κ1) is 19.7. The summed E-state index contributed by atoms with van der Waals surface area (Å²) in [5, 5.41) is 3.22. The molecule has 7 aromatic rings. The summed E-state index contributed by atoms with van der Waals surface area (Å²) in [6.07, 6.45) is 4.15. The van der Waals surface area contributed by atoms with Gasteiger partial charge in [0.05, 0.1) is 10.3 Å². The number of hydrogen-bond donors (Lipinski definition) is 0. The third kappa shape index (κ3) is 2.70. The Morgan fingerprint density at radius 1 is 0.732 bits per heavy atom. The van der Waals surface area contributed by atoms with Crippen LogP contribution in [0, 0.1) is 41.4 Å². The summed E-state index contributed by atoms with van der Waals surface area (Å²) in [7, 11) is 0. The Labute approximate surface area is 248 Å². The maximum atomic E-state index is 8.44. The van der Waals surface area contributed by atoms with Crippen LogP contribution in [0.2, 0.25) is 0 Å². The number of nitrogens with zero attached hydrogens (tertiary/aromatic N) is 2. The van der Waals surface area contributed by atoms with Gasteiger partial charge in [-0.05, 0) is 94.4 Å². The van der Waals surface area contributed by atoms with Crippen molar-refractivity contribution in [2.45, 2.75) is 47.1 Å². The molecule has 1 spiro atoms. The minimum atomic E-state index is -2.37. The van der Waals surface area contributed by atoms with Gasteiger partial charge < -0.3 is 4.42 Å². The molecular formula is C37H30N2OS+2. The molecule has 6 heterocycles. The number of rotatable bonds is 0. The van der Waals surface area contributed by atoms with E-state index >= 15 is 0 Å². The maximum absolute atomic E-state index is 8.44.